The van der Waals surface area contributed by atoms with Gasteiger partial charge in [-0.2, -0.15) is 0 Å². The van der Waals surface area contributed by atoms with Crippen molar-refractivity contribution in [1.29, 1.82) is 0 Å². The summed E-state index contributed by atoms with van der Waals surface area (Å²) in [6.07, 6.45) is 0. The molecule has 0 aromatic heterocycles. The molecule has 0 bridgehead atoms. The summed E-state index contributed by atoms with van der Waals surface area (Å²) in [5.74, 6) is -1.79. The van der Waals surface area contributed by atoms with E-state index in [0.29, 0.717) is 6.07 Å². The fraction of sp³-hybridized carbons (Fsp3) is 0.0769. The first kappa shape index (κ1) is 15.5. The lowest BCUT2D eigenvalue weighted by Crippen LogP contribution is -2.15. The van der Waals surface area contributed by atoms with Gasteiger partial charge in [0.15, 0.2) is 0 Å². The monoisotopic (exact) mass is 333 g/mol. The zero-order chi connectivity index (χ0) is 15.6. The predicted octanol–water partition coefficient (Wildman–Crippen LogP) is 3.43. The van der Waals surface area contributed by atoms with Gasteiger partial charge in [0.05, 0.1) is 12.8 Å². The Hall–Kier alpha value is -1.86. The van der Waals surface area contributed by atoms with Crippen molar-refractivity contribution in [2.75, 3.05) is 11.8 Å². The number of halogens is 3. The van der Waals surface area contributed by atoms with E-state index in [0.717, 1.165) is 12.1 Å². The first-order chi connectivity index (χ1) is 9.83. The fourth-order valence-corrected chi connectivity index (χ4v) is 3.13. The second kappa shape index (κ2) is 5.87. The van der Waals surface area contributed by atoms with E-state index in [1.165, 1.54) is 25.3 Å². The van der Waals surface area contributed by atoms with E-state index in [4.69, 9.17) is 16.3 Å². The van der Waals surface area contributed by atoms with Crippen LogP contribution in [-0.4, -0.2) is 15.5 Å². The number of sulfonamides is 1. The van der Waals surface area contributed by atoms with Crippen molar-refractivity contribution in [2.45, 2.75) is 4.90 Å². The second-order valence-electron chi connectivity index (χ2n) is 4.02. The Labute approximate surface area is 125 Å². The lowest BCUT2D eigenvalue weighted by Gasteiger charge is -2.12. The molecule has 1 N–H and O–H groups in total. The molecule has 0 atom stereocenters. The first-order valence-corrected chi connectivity index (χ1v) is 7.51. The largest absolute Gasteiger partial charge is 0.495 e. The summed E-state index contributed by atoms with van der Waals surface area (Å²) in [4.78, 5) is -0.249. The Morgan fingerprint density at radius 3 is 2.48 bits per heavy atom. The number of methoxy groups -OCH3 is 1. The molecular weight excluding hydrogens is 324 g/mol. The SMILES string of the molecule is COc1ccc(Cl)cc1S(=O)(=O)Nc1ccc(F)cc1F. The molecule has 0 saturated carbocycles. The summed E-state index contributed by atoms with van der Waals surface area (Å²) in [5.41, 5.74) is -0.376. The van der Waals surface area contributed by atoms with E-state index in [1.54, 1.807) is 0 Å². The Bertz CT molecular complexity index is 781. The maximum Gasteiger partial charge on any atom is 0.265 e. The number of hydrogen-bond acceptors (Lipinski definition) is 3. The van der Waals surface area contributed by atoms with Crippen LogP contribution in [0.4, 0.5) is 14.5 Å². The minimum absolute atomic E-state index is 0.0504. The molecule has 0 aliphatic rings. The van der Waals surface area contributed by atoms with Crippen LogP contribution in [0.5, 0.6) is 5.75 Å². The Morgan fingerprint density at radius 1 is 1.14 bits per heavy atom. The molecule has 8 heteroatoms. The smallest absolute Gasteiger partial charge is 0.265 e. The van der Waals surface area contributed by atoms with Crippen LogP contribution in [0.2, 0.25) is 5.02 Å². The highest BCUT2D eigenvalue weighted by Gasteiger charge is 2.21. The van der Waals surface area contributed by atoms with E-state index in [-0.39, 0.29) is 21.4 Å². The van der Waals surface area contributed by atoms with E-state index < -0.39 is 21.7 Å². The van der Waals surface area contributed by atoms with Gasteiger partial charge in [0, 0.05) is 11.1 Å². The van der Waals surface area contributed by atoms with Crippen LogP contribution in [0.1, 0.15) is 0 Å². The molecule has 0 aliphatic carbocycles. The van der Waals surface area contributed by atoms with Crippen LogP contribution >= 0.6 is 11.6 Å². The Morgan fingerprint density at radius 2 is 1.86 bits per heavy atom. The molecule has 2 rings (SSSR count). The summed E-state index contributed by atoms with van der Waals surface area (Å²) in [7, 11) is -2.84. The quantitative estimate of drug-likeness (QED) is 0.932. The summed E-state index contributed by atoms with van der Waals surface area (Å²) in [5, 5.41) is 0.177. The van der Waals surface area contributed by atoms with Crippen molar-refractivity contribution in [2.24, 2.45) is 0 Å². The Kier molecular flexibility index (Phi) is 4.34. The average Bonchev–Trinajstić information content (AvgIpc) is 2.42. The molecule has 0 aliphatic heterocycles. The van der Waals surface area contributed by atoms with Gasteiger partial charge in [-0.15, -0.1) is 0 Å². The van der Waals surface area contributed by atoms with Gasteiger partial charge in [-0.1, -0.05) is 11.6 Å². The second-order valence-corrected chi connectivity index (χ2v) is 6.11. The molecule has 0 spiro atoms. The third-order valence-corrected chi connectivity index (χ3v) is 4.21. The van der Waals surface area contributed by atoms with Gasteiger partial charge in [0.1, 0.15) is 22.3 Å². The van der Waals surface area contributed by atoms with Crippen molar-refractivity contribution in [3.8, 4) is 5.75 Å². The van der Waals surface area contributed by atoms with Crippen LogP contribution in [0.25, 0.3) is 0 Å². The zero-order valence-electron chi connectivity index (χ0n) is 10.7. The van der Waals surface area contributed by atoms with Gasteiger partial charge in [-0.3, -0.25) is 4.72 Å². The van der Waals surface area contributed by atoms with Crippen molar-refractivity contribution in [1.82, 2.24) is 0 Å². The molecule has 0 unspecified atom stereocenters. The lowest BCUT2D eigenvalue weighted by molar-refractivity contribution is 0.403. The van der Waals surface area contributed by atoms with Crippen LogP contribution in [-0.2, 0) is 10.0 Å². The van der Waals surface area contributed by atoms with Gasteiger partial charge >= 0.3 is 0 Å². The van der Waals surface area contributed by atoms with Gasteiger partial charge in [0.2, 0.25) is 0 Å². The number of rotatable bonds is 4. The zero-order valence-corrected chi connectivity index (χ0v) is 12.3. The number of nitrogens with one attached hydrogen (secondary N) is 1. The topological polar surface area (TPSA) is 55.4 Å². The number of benzene rings is 2. The summed E-state index contributed by atoms with van der Waals surface area (Å²) >= 11 is 5.76. The van der Waals surface area contributed by atoms with E-state index in [2.05, 4.69) is 0 Å². The average molecular weight is 334 g/mol. The van der Waals surface area contributed by atoms with Gasteiger partial charge < -0.3 is 4.74 Å². The highest BCUT2D eigenvalue weighted by Crippen LogP contribution is 2.29. The van der Waals surface area contributed by atoms with Gasteiger partial charge in [-0.25, -0.2) is 17.2 Å². The van der Waals surface area contributed by atoms with Crippen LogP contribution < -0.4 is 9.46 Å². The van der Waals surface area contributed by atoms with Crippen molar-refractivity contribution in [3.05, 3.63) is 53.1 Å². The highest BCUT2D eigenvalue weighted by atomic mass is 35.5. The predicted molar refractivity (Wildman–Crippen MR) is 75.2 cm³/mol. The molecule has 0 fully saturated rings. The van der Waals surface area contributed by atoms with E-state index in [1.807, 2.05) is 4.72 Å². The molecule has 0 saturated heterocycles. The first-order valence-electron chi connectivity index (χ1n) is 5.65. The minimum atomic E-state index is -4.14. The lowest BCUT2D eigenvalue weighted by atomic mass is 10.3. The van der Waals surface area contributed by atoms with Crippen LogP contribution in [0.15, 0.2) is 41.3 Å². The van der Waals surface area contributed by atoms with Crippen molar-refractivity contribution < 1.29 is 21.9 Å². The number of anilines is 1. The summed E-state index contributed by atoms with van der Waals surface area (Å²) < 4.78 is 57.8. The van der Waals surface area contributed by atoms with Crippen molar-refractivity contribution in [3.63, 3.8) is 0 Å². The van der Waals surface area contributed by atoms with Gasteiger partial charge in [-0.05, 0) is 30.3 Å². The van der Waals surface area contributed by atoms with E-state index >= 15 is 0 Å². The normalized spacial score (nSPS) is 11.2. The number of ether oxygens (including phenoxy) is 1. The molecular formula is C13H10ClF2NO3S. The molecule has 0 amide bonds. The van der Waals surface area contributed by atoms with Crippen LogP contribution in [0, 0.1) is 11.6 Å². The Balaban J connectivity index is 2.45. The third-order valence-electron chi connectivity index (χ3n) is 2.59. The molecule has 4 nitrogen and oxygen atoms in total. The third kappa shape index (κ3) is 3.43. The molecule has 21 heavy (non-hydrogen) atoms. The maximum atomic E-state index is 13.5. The molecule has 0 heterocycles. The molecule has 2 aromatic rings. The summed E-state index contributed by atoms with van der Waals surface area (Å²) in [6.45, 7) is 0. The summed E-state index contributed by atoms with van der Waals surface area (Å²) in [6, 6.07) is 6.50. The molecule has 112 valence electrons. The highest BCUT2D eigenvalue weighted by molar-refractivity contribution is 7.92. The fourth-order valence-electron chi connectivity index (χ4n) is 1.63. The minimum Gasteiger partial charge on any atom is -0.495 e. The maximum absolute atomic E-state index is 13.5. The molecule has 0 radical (unpaired) electrons. The van der Waals surface area contributed by atoms with E-state index in [9.17, 15) is 17.2 Å². The number of hydrogen-bond donors (Lipinski definition) is 1. The van der Waals surface area contributed by atoms with Gasteiger partial charge in [0.25, 0.3) is 10.0 Å². The standard InChI is InChI=1S/C13H10ClF2NO3S/c1-20-12-5-2-8(14)6-13(12)21(18,19)17-11-4-3-9(15)7-10(11)16/h2-7,17H,1H3. The van der Waals surface area contributed by atoms with Crippen LogP contribution in [0.3, 0.4) is 0 Å². The van der Waals surface area contributed by atoms with Crippen molar-refractivity contribution >= 4 is 27.3 Å². The molecule has 2 aromatic carbocycles.